The summed E-state index contributed by atoms with van der Waals surface area (Å²) in [7, 11) is 1.60. The summed E-state index contributed by atoms with van der Waals surface area (Å²) in [6, 6.07) is 5.54. The standard InChI is InChI=1S/C13H20BrNO4/c1-17-4-5-18-8-11(16)9-19-12-2-3-13(14)10(6-12)7-15/h2-3,6,11,16H,4-5,7-9,15H2,1H3. The van der Waals surface area contributed by atoms with Crippen LogP contribution >= 0.6 is 15.9 Å². The third kappa shape index (κ3) is 6.35. The van der Waals surface area contributed by atoms with Crippen molar-refractivity contribution in [2.24, 2.45) is 5.73 Å². The average molecular weight is 334 g/mol. The quantitative estimate of drug-likeness (QED) is 0.666. The molecule has 0 aliphatic carbocycles. The van der Waals surface area contributed by atoms with Crippen molar-refractivity contribution in [2.75, 3.05) is 33.5 Å². The van der Waals surface area contributed by atoms with Crippen molar-refractivity contribution in [3.05, 3.63) is 28.2 Å². The molecule has 0 aliphatic heterocycles. The van der Waals surface area contributed by atoms with Crippen molar-refractivity contribution in [1.82, 2.24) is 0 Å². The van der Waals surface area contributed by atoms with Gasteiger partial charge in [0, 0.05) is 18.1 Å². The molecule has 0 heterocycles. The molecule has 0 aromatic heterocycles. The van der Waals surface area contributed by atoms with Crippen molar-refractivity contribution >= 4 is 15.9 Å². The number of aliphatic hydroxyl groups excluding tert-OH is 1. The lowest BCUT2D eigenvalue weighted by molar-refractivity contribution is -0.00420. The van der Waals surface area contributed by atoms with E-state index in [9.17, 15) is 5.11 Å². The molecule has 1 aromatic rings. The van der Waals surface area contributed by atoms with E-state index in [2.05, 4.69) is 15.9 Å². The first-order valence-corrected chi connectivity index (χ1v) is 6.82. The molecule has 0 saturated heterocycles. The first kappa shape index (κ1) is 16.4. The van der Waals surface area contributed by atoms with Crippen LogP contribution in [0.3, 0.4) is 0 Å². The van der Waals surface area contributed by atoms with E-state index in [0.29, 0.717) is 25.5 Å². The molecule has 0 spiro atoms. The van der Waals surface area contributed by atoms with E-state index in [1.54, 1.807) is 7.11 Å². The molecule has 0 fully saturated rings. The average Bonchev–Trinajstić information content (AvgIpc) is 2.42. The minimum atomic E-state index is -0.665. The highest BCUT2D eigenvalue weighted by Gasteiger charge is 2.07. The van der Waals surface area contributed by atoms with Gasteiger partial charge in [-0.15, -0.1) is 0 Å². The van der Waals surface area contributed by atoms with E-state index in [4.69, 9.17) is 19.9 Å². The number of hydrogen-bond acceptors (Lipinski definition) is 5. The number of hydrogen-bond donors (Lipinski definition) is 2. The second-order valence-corrected chi connectivity index (χ2v) is 4.84. The fourth-order valence-corrected chi connectivity index (χ4v) is 1.81. The molecule has 6 heteroatoms. The first-order valence-electron chi connectivity index (χ1n) is 6.03. The number of rotatable bonds is 9. The summed E-state index contributed by atoms with van der Waals surface area (Å²) >= 11 is 3.40. The van der Waals surface area contributed by atoms with E-state index in [0.717, 1.165) is 10.0 Å². The highest BCUT2D eigenvalue weighted by atomic mass is 79.9. The van der Waals surface area contributed by atoms with E-state index in [-0.39, 0.29) is 13.2 Å². The van der Waals surface area contributed by atoms with Gasteiger partial charge in [-0.25, -0.2) is 0 Å². The summed E-state index contributed by atoms with van der Waals surface area (Å²) in [5.74, 6) is 0.680. The van der Waals surface area contributed by atoms with Crippen LogP contribution in [0.1, 0.15) is 5.56 Å². The molecule has 0 saturated carbocycles. The molecule has 1 unspecified atom stereocenters. The molecule has 0 bridgehead atoms. The van der Waals surface area contributed by atoms with Crippen LogP contribution in [0.2, 0.25) is 0 Å². The Bertz CT molecular complexity index is 376. The van der Waals surface area contributed by atoms with Gasteiger partial charge in [0.1, 0.15) is 18.5 Å². The molecule has 0 aliphatic rings. The van der Waals surface area contributed by atoms with Gasteiger partial charge in [0.2, 0.25) is 0 Å². The SMILES string of the molecule is COCCOCC(O)COc1ccc(Br)c(CN)c1. The number of ether oxygens (including phenoxy) is 3. The predicted molar refractivity (Wildman–Crippen MR) is 76.2 cm³/mol. The van der Waals surface area contributed by atoms with E-state index >= 15 is 0 Å². The Morgan fingerprint density at radius 3 is 2.79 bits per heavy atom. The Balaban J connectivity index is 2.31. The molecule has 3 N–H and O–H groups in total. The zero-order chi connectivity index (χ0) is 14.1. The van der Waals surface area contributed by atoms with Crippen LogP contribution in [0.25, 0.3) is 0 Å². The summed E-state index contributed by atoms with van der Waals surface area (Å²) in [4.78, 5) is 0. The van der Waals surface area contributed by atoms with Crippen LogP contribution in [-0.4, -0.2) is 44.7 Å². The highest BCUT2D eigenvalue weighted by molar-refractivity contribution is 9.10. The summed E-state index contributed by atoms with van der Waals surface area (Å²) in [5.41, 5.74) is 6.56. The van der Waals surface area contributed by atoms with Crippen LogP contribution in [0.5, 0.6) is 5.75 Å². The predicted octanol–water partition coefficient (Wildman–Crippen LogP) is 1.31. The first-order chi connectivity index (χ1) is 9.17. The van der Waals surface area contributed by atoms with Crippen molar-refractivity contribution in [3.8, 4) is 5.75 Å². The number of benzene rings is 1. The largest absolute Gasteiger partial charge is 0.491 e. The summed E-state index contributed by atoms with van der Waals surface area (Å²) in [6.45, 7) is 1.81. The highest BCUT2D eigenvalue weighted by Crippen LogP contribution is 2.22. The molecule has 1 atom stereocenters. The van der Waals surface area contributed by atoms with Gasteiger partial charge in [0.25, 0.3) is 0 Å². The van der Waals surface area contributed by atoms with Crippen molar-refractivity contribution in [3.63, 3.8) is 0 Å². The minimum Gasteiger partial charge on any atom is -0.491 e. The van der Waals surface area contributed by atoms with Crippen molar-refractivity contribution in [1.29, 1.82) is 0 Å². The maximum absolute atomic E-state index is 9.67. The third-order valence-electron chi connectivity index (χ3n) is 2.42. The van der Waals surface area contributed by atoms with Crippen LogP contribution in [-0.2, 0) is 16.0 Å². The molecule has 108 valence electrons. The number of halogens is 1. The lowest BCUT2D eigenvalue weighted by atomic mass is 10.2. The van der Waals surface area contributed by atoms with Crippen LogP contribution in [0.4, 0.5) is 0 Å². The van der Waals surface area contributed by atoms with Gasteiger partial charge >= 0.3 is 0 Å². The number of aliphatic hydroxyl groups is 1. The van der Waals surface area contributed by atoms with E-state index < -0.39 is 6.10 Å². The third-order valence-corrected chi connectivity index (χ3v) is 3.20. The number of methoxy groups -OCH3 is 1. The molecule has 0 radical (unpaired) electrons. The maximum Gasteiger partial charge on any atom is 0.119 e. The fourth-order valence-electron chi connectivity index (χ4n) is 1.40. The van der Waals surface area contributed by atoms with Gasteiger partial charge in [0.15, 0.2) is 0 Å². The smallest absolute Gasteiger partial charge is 0.119 e. The molecule has 1 rings (SSSR count). The van der Waals surface area contributed by atoms with E-state index in [1.807, 2.05) is 18.2 Å². The Kier molecular flexibility index (Phi) is 8.00. The van der Waals surface area contributed by atoms with Gasteiger partial charge < -0.3 is 25.1 Å². The van der Waals surface area contributed by atoms with Gasteiger partial charge in [-0.3, -0.25) is 0 Å². The fraction of sp³-hybridized carbons (Fsp3) is 0.538. The zero-order valence-electron chi connectivity index (χ0n) is 11.0. The summed E-state index contributed by atoms with van der Waals surface area (Å²) in [5, 5.41) is 9.67. The van der Waals surface area contributed by atoms with Crippen LogP contribution in [0.15, 0.2) is 22.7 Å². The second kappa shape index (κ2) is 9.28. The topological polar surface area (TPSA) is 73.9 Å². The van der Waals surface area contributed by atoms with Crippen LogP contribution < -0.4 is 10.5 Å². The van der Waals surface area contributed by atoms with Crippen molar-refractivity contribution in [2.45, 2.75) is 12.6 Å². The Morgan fingerprint density at radius 2 is 2.11 bits per heavy atom. The maximum atomic E-state index is 9.67. The number of nitrogens with two attached hydrogens (primary N) is 1. The van der Waals surface area contributed by atoms with Gasteiger partial charge in [-0.1, -0.05) is 15.9 Å². The van der Waals surface area contributed by atoms with Crippen molar-refractivity contribution < 1.29 is 19.3 Å². The Labute approximate surface area is 121 Å². The summed E-state index contributed by atoms with van der Waals surface area (Å²) in [6.07, 6.45) is -0.665. The molecule has 1 aromatic carbocycles. The Morgan fingerprint density at radius 1 is 1.32 bits per heavy atom. The van der Waals surface area contributed by atoms with Gasteiger partial charge in [-0.2, -0.15) is 0 Å². The normalized spacial score (nSPS) is 12.4. The zero-order valence-corrected chi connectivity index (χ0v) is 12.6. The molecule has 0 amide bonds. The van der Waals surface area contributed by atoms with Gasteiger partial charge in [0.05, 0.1) is 19.8 Å². The van der Waals surface area contributed by atoms with Crippen LogP contribution in [0, 0.1) is 0 Å². The lowest BCUT2D eigenvalue weighted by Crippen LogP contribution is -2.24. The molecule has 5 nitrogen and oxygen atoms in total. The monoisotopic (exact) mass is 333 g/mol. The van der Waals surface area contributed by atoms with E-state index in [1.165, 1.54) is 0 Å². The van der Waals surface area contributed by atoms with Gasteiger partial charge in [-0.05, 0) is 23.8 Å². The Hall–Kier alpha value is -0.660. The minimum absolute atomic E-state index is 0.179. The second-order valence-electron chi connectivity index (χ2n) is 3.99. The molecular weight excluding hydrogens is 314 g/mol. The summed E-state index contributed by atoms with van der Waals surface area (Å²) < 4.78 is 16.5. The molecular formula is C13H20BrNO4. The molecule has 19 heavy (non-hydrogen) atoms. The lowest BCUT2D eigenvalue weighted by Gasteiger charge is -2.13.